The Labute approximate surface area is 124 Å². The lowest BCUT2D eigenvalue weighted by Crippen LogP contribution is -2.46. The Balaban J connectivity index is 2.27. The molecule has 0 amide bonds. The standard InChI is InChI=1S/C15H23BrN2O/c1-10(17)6-13-7-14(16)4-5-15(13)18-8-11(2)19-12(3)9-18/h4-5,7,10-12H,6,8-9,17H2,1-3H3. The fourth-order valence-electron chi connectivity index (χ4n) is 2.75. The number of hydrogen-bond acceptors (Lipinski definition) is 3. The van der Waals surface area contributed by atoms with Crippen molar-refractivity contribution in [2.45, 2.75) is 45.4 Å². The van der Waals surface area contributed by atoms with Crippen LogP contribution in [0.25, 0.3) is 0 Å². The third-order valence-corrected chi connectivity index (χ3v) is 3.84. The molecule has 1 aromatic carbocycles. The summed E-state index contributed by atoms with van der Waals surface area (Å²) in [6.07, 6.45) is 1.45. The second-order valence-corrected chi connectivity index (χ2v) is 6.53. The molecule has 3 atom stereocenters. The lowest BCUT2D eigenvalue weighted by molar-refractivity contribution is -0.00526. The van der Waals surface area contributed by atoms with Gasteiger partial charge in [-0.1, -0.05) is 15.9 Å². The molecule has 1 aliphatic heterocycles. The smallest absolute Gasteiger partial charge is 0.0726 e. The molecule has 3 nitrogen and oxygen atoms in total. The molecule has 3 unspecified atom stereocenters. The van der Waals surface area contributed by atoms with E-state index >= 15 is 0 Å². The number of benzene rings is 1. The fourth-order valence-corrected chi connectivity index (χ4v) is 3.16. The highest BCUT2D eigenvalue weighted by Gasteiger charge is 2.24. The van der Waals surface area contributed by atoms with Crippen LogP contribution in [0.5, 0.6) is 0 Å². The van der Waals surface area contributed by atoms with Crippen molar-refractivity contribution in [2.24, 2.45) is 5.73 Å². The zero-order chi connectivity index (χ0) is 14.0. The van der Waals surface area contributed by atoms with Gasteiger partial charge >= 0.3 is 0 Å². The maximum atomic E-state index is 5.97. The van der Waals surface area contributed by atoms with Crippen molar-refractivity contribution in [3.8, 4) is 0 Å². The van der Waals surface area contributed by atoms with E-state index in [-0.39, 0.29) is 18.2 Å². The predicted molar refractivity (Wildman–Crippen MR) is 83.7 cm³/mol. The zero-order valence-corrected chi connectivity index (χ0v) is 13.5. The summed E-state index contributed by atoms with van der Waals surface area (Å²) in [5, 5.41) is 0. The number of ether oxygens (including phenoxy) is 1. The molecule has 106 valence electrons. The van der Waals surface area contributed by atoms with Gasteiger partial charge in [0.2, 0.25) is 0 Å². The van der Waals surface area contributed by atoms with Crippen LogP contribution in [0.15, 0.2) is 22.7 Å². The predicted octanol–water partition coefficient (Wildman–Crippen LogP) is 2.95. The van der Waals surface area contributed by atoms with Crippen molar-refractivity contribution in [2.75, 3.05) is 18.0 Å². The highest BCUT2D eigenvalue weighted by atomic mass is 79.9. The van der Waals surface area contributed by atoms with Crippen LogP contribution in [0.4, 0.5) is 5.69 Å². The van der Waals surface area contributed by atoms with Crippen LogP contribution in [-0.4, -0.2) is 31.3 Å². The Kier molecular flexibility index (Phi) is 4.87. The highest BCUT2D eigenvalue weighted by molar-refractivity contribution is 9.10. The van der Waals surface area contributed by atoms with E-state index in [1.165, 1.54) is 11.3 Å². The van der Waals surface area contributed by atoms with Crippen molar-refractivity contribution < 1.29 is 4.74 Å². The number of halogens is 1. The van der Waals surface area contributed by atoms with Crippen LogP contribution in [0, 0.1) is 0 Å². The van der Waals surface area contributed by atoms with Crippen LogP contribution in [-0.2, 0) is 11.2 Å². The first-order valence-corrected chi connectivity index (χ1v) is 7.69. The minimum atomic E-state index is 0.170. The lowest BCUT2D eigenvalue weighted by Gasteiger charge is -2.38. The van der Waals surface area contributed by atoms with Gasteiger partial charge in [0.1, 0.15) is 0 Å². The largest absolute Gasteiger partial charge is 0.372 e. The first-order valence-electron chi connectivity index (χ1n) is 6.90. The molecule has 1 aliphatic rings. The molecule has 4 heteroatoms. The van der Waals surface area contributed by atoms with Crippen molar-refractivity contribution in [3.63, 3.8) is 0 Å². The molecule has 1 saturated heterocycles. The first kappa shape index (κ1) is 14.8. The summed E-state index contributed by atoms with van der Waals surface area (Å²) in [5.41, 5.74) is 8.57. The number of morpholine rings is 1. The number of nitrogens with two attached hydrogens (primary N) is 1. The van der Waals surface area contributed by atoms with Gasteiger partial charge in [-0.15, -0.1) is 0 Å². The SMILES string of the molecule is CC(N)Cc1cc(Br)ccc1N1CC(C)OC(C)C1. The zero-order valence-electron chi connectivity index (χ0n) is 11.9. The fraction of sp³-hybridized carbons (Fsp3) is 0.600. The number of rotatable bonds is 3. The van der Waals surface area contributed by atoms with E-state index in [4.69, 9.17) is 10.5 Å². The van der Waals surface area contributed by atoms with Crippen LogP contribution in [0.2, 0.25) is 0 Å². The molecule has 0 saturated carbocycles. The Morgan fingerprint density at radius 1 is 1.37 bits per heavy atom. The summed E-state index contributed by atoms with van der Waals surface area (Å²) in [6.45, 7) is 8.20. The van der Waals surface area contributed by atoms with Crippen molar-refractivity contribution in [1.29, 1.82) is 0 Å². The molecule has 0 aliphatic carbocycles. The molecule has 2 rings (SSSR count). The average molecular weight is 327 g/mol. The van der Waals surface area contributed by atoms with Gasteiger partial charge in [-0.05, 0) is 51.0 Å². The van der Waals surface area contributed by atoms with E-state index in [1.54, 1.807) is 0 Å². The molecule has 1 aromatic rings. The molecule has 1 heterocycles. The second kappa shape index (κ2) is 6.25. The summed E-state index contributed by atoms with van der Waals surface area (Å²) >= 11 is 3.55. The van der Waals surface area contributed by atoms with E-state index in [0.29, 0.717) is 0 Å². The highest BCUT2D eigenvalue weighted by Crippen LogP contribution is 2.28. The maximum absolute atomic E-state index is 5.97. The van der Waals surface area contributed by atoms with Gasteiger partial charge in [-0.2, -0.15) is 0 Å². The lowest BCUT2D eigenvalue weighted by atomic mass is 10.0. The Bertz CT molecular complexity index is 426. The molecule has 0 bridgehead atoms. The third-order valence-electron chi connectivity index (χ3n) is 3.34. The molecule has 1 fully saturated rings. The van der Waals surface area contributed by atoms with Gasteiger partial charge in [-0.25, -0.2) is 0 Å². The molecule has 2 N–H and O–H groups in total. The Morgan fingerprint density at radius 2 is 2.00 bits per heavy atom. The number of anilines is 1. The quantitative estimate of drug-likeness (QED) is 0.928. The van der Waals surface area contributed by atoms with E-state index in [1.807, 2.05) is 0 Å². The van der Waals surface area contributed by atoms with Crippen LogP contribution >= 0.6 is 15.9 Å². The summed E-state index contributed by atoms with van der Waals surface area (Å²) in [5.74, 6) is 0. The van der Waals surface area contributed by atoms with Crippen molar-refractivity contribution in [3.05, 3.63) is 28.2 Å². The normalized spacial score (nSPS) is 25.4. The van der Waals surface area contributed by atoms with E-state index in [9.17, 15) is 0 Å². The number of hydrogen-bond donors (Lipinski definition) is 1. The summed E-state index contributed by atoms with van der Waals surface area (Å²) < 4.78 is 6.92. The van der Waals surface area contributed by atoms with Crippen molar-refractivity contribution >= 4 is 21.6 Å². The molecule has 0 radical (unpaired) electrons. The summed E-state index contributed by atoms with van der Waals surface area (Å²) in [7, 11) is 0. The molecule has 0 aromatic heterocycles. The Hall–Kier alpha value is -0.580. The van der Waals surface area contributed by atoms with Gasteiger partial charge in [0, 0.05) is 29.3 Å². The van der Waals surface area contributed by atoms with Gasteiger partial charge in [-0.3, -0.25) is 0 Å². The van der Waals surface area contributed by atoms with Gasteiger partial charge < -0.3 is 15.4 Å². The minimum Gasteiger partial charge on any atom is -0.372 e. The second-order valence-electron chi connectivity index (χ2n) is 5.62. The molecule has 0 spiro atoms. The summed E-state index contributed by atoms with van der Waals surface area (Å²) in [4.78, 5) is 2.42. The third kappa shape index (κ3) is 3.94. The summed E-state index contributed by atoms with van der Waals surface area (Å²) in [6, 6.07) is 6.64. The van der Waals surface area contributed by atoms with Gasteiger partial charge in [0.25, 0.3) is 0 Å². The van der Waals surface area contributed by atoms with Gasteiger partial charge in [0.05, 0.1) is 12.2 Å². The topological polar surface area (TPSA) is 38.5 Å². The Morgan fingerprint density at radius 3 is 2.58 bits per heavy atom. The monoisotopic (exact) mass is 326 g/mol. The molecular formula is C15H23BrN2O. The van der Waals surface area contributed by atoms with E-state index in [0.717, 1.165) is 24.0 Å². The molecule has 19 heavy (non-hydrogen) atoms. The van der Waals surface area contributed by atoms with Gasteiger partial charge in [0.15, 0.2) is 0 Å². The van der Waals surface area contributed by atoms with Crippen LogP contribution in [0.1, 0.15) is 26.3 Å². The first-order chi connectivity index (χ1) is 8.95. The number of nitrogens with zero attached hydrogens (tertiary/aromatic N) is 1. The minimum absolute atomic E-state index is 0.170. The van der Waals surface area contributed by atoms with Crippen LogP contribution in [0.3, 0.4) is 0 Å². The average Bonchev–Trinajstić information content (AvgIpc) is 2.26. The van der Waals surface area contributed by atoms with E-state index in [2.05, 4.69) is 59.8 Å². The maximum Gasteiger partial charge on any atom is 0.0726 e. The van der Waals surface area contributed by atoms with Crippen molar-refractivity contribution in [1.82, 2.24) is 0 Å². The molecular weight excluding hydrogens is 304 g/mol. The van der Waals surface area contributed by atoms with E-state index < -0.39 is 0 Å². The van der Waals surface area contributed by atoms with Crippen LogP contribution < -0.4 is 10.6 Å².